The van der Waals surface area contributed by atoms with E-state index in [2.05, 4.69) is 29.7 Å². The molecule has 0 aliphatic carbocycles. The lowest BCUT2D eigenvalue weighted by Crippen LogP contribution is -2.48. The van der Waals surface area contributed by atoms with Crippen LogP contribution in [0.15, 0.2) is 42.5 Å². The molecule has 0 atom stereocenters. The smallest absolute Gasteiger partial charge is 0.176 e. The number of carbonyl (C=O) groups excluding carboxylic acids is 1. The van der Waals surface area contributed by atoms with E-state index < -0.39 is 0 Å². The Balaban J connectivity index is 1.36. The van der Waals surface area contributed by atoms with E-state index in [1.54, 1.807) is 7.11 Å². The Morgan fingerprint density at radius 3 is 2.43 bits per heavy atom. The van der Waals surface area contributed by atoms with Gasteiger partial charge >= 0.3 is 0 Å². The first kappa shape index (κ1) is 20.5. The summed E-state index contributed by atoms with van der Waals surface area (Å²) >= 11 is 0. The normalized spacial score (nSPS) is 18.6. The molecule has 6 nitrogen and oxygen atoms in total. The van der Waals surface area contributed by atoms with Crippen molar-refractivity contribution in [2.45, 2.75) is 13.8 Å². The standard InChI is InChI=1S/C24H30N2O4/c1-24(2)16-29-22-9-8-18(14-23(22)30-17-24)20(27)15-25-10-12-26(13-11-25)19-6-4-5-7-21(19)28-3/h4-9,14H,10-13,15-17H2,1-3H3. The quantitative estimate of drug-likeness (QED) is 0.704. The number of fused-ring (bicyclic) bond motifs is 1. The van der Waals surface area contributed by atoms with Gasteiger partial charge in [0.1, 0.15) is 5.75 Å². The van der Waals surface area contributed by atoms with E-state index in [1.165, 1.54) is 0 Å². The van der Waals surface area contributed by atoms with Crippen molar-refractivity contribution in [3.05, 3.63) is 48.0 Å². The molecule has 0 unspecified atom stereocenters. The Hall–Kier alpha value is -2.73. The number of nitrogens with zero attached hydrogens (tertiary/aromatic N) is 2. The number of para-hydroxylation sites is 2. The van der Waals surface area contributed by atoms with Gasteiger partial charge in [0.25, 0.3) is 0 Å². The molecule has 4 rings (SSSR count). The molecule has 0 radical (unpaired) electrons. The topological polar surface area (TPSA) is 51.2 Å². The number of Topliss-reactive ketones (excluding diaryl/α,β-unsaturated/α-hetero) is 1. The molecule has 0 amide bonds. The van der Waals surface area contributed by atoms with E-state index in [9.17, 15) is 4.79 Å². The zero-order valence-electron chi connectivity index (χ0n) is 18.0. The minimum atomic E-state index is -0.0513. The van der Waals surface area contributed by atoms with E-state index in [1.807, 2.05) is 36.4 Å². The molecular formula is C24H30N2O4. The summed E-state index contributed by atoms with van der Waals surface area (Å²) in [6.07, 6.45) is 0. The summed E-state index contributed by atoms with van der Waals surface area (Å²) < 4.78 is 17.3. The highest BCUT2D eigenvalue weighted by atomic mass is 16.5. The second-order valence-corrected chi connectivity index (χ2v) is 8.76. The van der Waals surface area contributed by atoms with Crippen molar-refractivity contribution in [3.8, 4) is 17.2 Å². The molecule has 0 N–H and O–H groups in total. The van der Waals surface area contributed by atoms with Crippen LogP contribution in [-0.4, -0.2) is 63.7 Å². The average Bonchev–Trinajstić information content (AvgIpc) is 2.92. The minimum Gasteiger partial charge on any atom is -0.495 e. The zero-order valence-corrected chi connectivity index (χ0v) is 18.0. The van der Waals surface area contributed by atoms with Crippen molar-refractivity contribution in [3.63, 3.8) is 0 Å². The minimum absolute atomic E-state index is 0.0513. The maximum atomic E-state index is 12.9. The van der Waals surface area contributed by atoms with Gasteiger partial charge in [-0.15, -0.1) is 0 Å². The summed E-state index contributed by atoms with van der Waals surface area (Å²) in [5, 5.41) is 0. The van der Waals surface area contributed by atoms with Crippen molar-refractivity contribution < 1.29 is 19.0 Å². The summed E-state index contributed by atoms with van der Waals surface area (Å²) in [6, 6.07) is 13.6. The molecule has 2 aromatic carbocycles. The molecule has 2 aromatic rings. The molecule has 1 saturated heterocycles. The summed E-state index contributed by atoms with van der Waals surface area (Å²) in [5.74, 6) is 2.36. The number of hydrogen-bond donors (Lipinski definition) is 0. The Morgan fingerprint density at radius 2 is 1.70 bits per heavy atom. The number of benzene rings is 2. The number of hydrogen-bond acceptors (Lipinski definition) is 6. The van der Waals surface area contributed by atoms with Gasteiger partial charge in [0.05, 0.1) is 32.6 Å². The second kappa shape index (κ2) is 8.56. The van der Waals surface area contributed by atoms with Gasteiger partial charge in [0, 0.05) is 37.2 Å². The van der Waals surface area contributed by atoms with Crippen LogP contribution in [0.5, 0.6) is 17.2 Å². The van der Waals surface area contributed by atoms with Crippen molar-refractivity contribution in [2.75, 3.05) is 57.9 Å². The van der Waals surface area contributed by atoms with Crippen LogP contribution in [0.2, 0.25) is 0 Å². The lowest BCUT2D eigenvalue weighted by molar-refractivity contribution is 0.0925. The van der Waals surface area contributed by atoms with Gasteiger partial charge in [-0.25, -0.2) is 0 Å². The molecule has 0 aromatic heterocycles. The largest absolute Gasteiger partial charge is 0.495 e. The predicted molar refractivity (Wildman–Crippen MR) is 117 cm³/mol. The van der Waals surface area contributed by atoms with Crippen molar-refractivity contribution in [1.82, 2.24) is 4.90 Å². The Bertz CT molecular complexity index is 904. The first-order chi connectivity index (χ1) is 14.4. The number of ether oxygens (including phenoxy) is 3. The lowest BCUT2D eigenvalue weighted by Gasteiger charge is -2.36. The van der Waals surface area contributed by atoms with Crippen molar-refractivity contribution in [2.24, 2.45) is 5.41 Å². The number of anilines is 1. The van der Waals surface area contributed by atoms with Crippen molar-refractivity contribution in [1.29, 1.82) is 0 Å². The first-order valence-corrected chi connectivity index (χ1v) is 10.5. The summed E-state index contributed by atoms with van der Waals surface area (Å²) in [6.45, 7) is 9.20. The Labute approximate surface area is 178 Å². The number of ketones is 1. The third-order valence-corrected chi connectivity index (χ3v) is 5.67. The van der Waals surface area contributed by atoms with Crippen LogP contribution in [-0.2, 0) is 0 Å². The van der Waals surface area contributed by atoms with Crippen LogP contribution >= 0.6 is 0 Å². The molecule has 1 fully saturated rings. The van der Waals surface area contributed by atoms with Crippen LogP contribution in [0, 0.1) is 5.41 Å². The highest BCUT2D eigenvalue weighted by molar-refractivity contribution is 5.98. The van der Waals surface area contributed by atoms with Gasteiger partial charge < -0.3 is 19.1 Å². The molecule has 6 heteroatoms. The van der Waals surface area contributed by atoms with Crippen LogP contribution in [0.25, 0.3) is 0 Å². The third-order valence-electron chi connectivity index (χ3n) is 5.67. The van der Waals surface area contributed by atoms with E-state index >= 15 is 0 Å². The third kappa shape index (κ3) is 4.54. The second-order valence-electron chi connectivity index (χ2n) is 8.76. The van der Waals surface area contributed by atoms with E-state index in [-0.39, 0.29) is 11.2 Å². The van der Waals surface area contributed by atoms with Crippen LogP contribution < -0.4 is 19.1 Å². The lowest BCUT2D eigenvalue weighted by atomic mass is 9.97. The first-order valence-electron chi connectivity index (χ1n) is 10.5. The van der Waals surface area contributed by atoms with Gasteiger partial charge in [-0.3, -0.25) is 9.69 Å². The molecule has 0 bridgehead atoms. The average molecular weight is 411 g/mol. The number of rotatable bonds is 5. The molecule has 2 aliphatic rings. The molecule has 30 heavy (non-hydrogen) atoms. The molecule has 160 valence electrons. The van der Waals surface area contributed by atoms with Crippen molar-refractivity contribution >= 4 is 11.5 Å². The summed E-state index contributed by atoms with van der Waals surface area (Å²) in [5.41, 5.74) is 1.73. The monoisotopic (exact) mass is 410 g/mol. The zero-order chi connectivity index (χ0) is 21.1. The number of methoxy groups -OCH3 is 1. The van der Waals surface area contributed by atoms with E-state index in [0.29, 0.717) is 36.8 Å². The van der Waals surface area contributed by atoms with Gasteiger partial charge in [-0.1, -0.05) is 26.0 Å². The maximum Gasteiger partial charge on any atom is 0.176 e. The Morgan fingerprint density at radius 1 is 1.00 bits per heavy atom. The van der Waals surface area contributed by atoms with Gasteiger partial charge in [0.2, 0.25) is 0 Å². The van der Waals surface area contributed by atoms with Crippen LogP contribution in [0.1, 0.15) is 24.2 Å². The van der Waals surface area contributed by atoms with E-state index in [4.69, 9.17) is 14.2 Å². The van der Waals surface area contributed by atoms with Gasteiger partial charge in [0.15, 0.2) is 17.3 Å². The van der Waals surface area contributed by atoms with E-state index in [0.717, 1.165) is 37.6 Å². The SMILES string of the molecule is COc1ccccc1N1CCN(CC(=O)c2ccc3c(c2)OCC(C)(C)CO3)CC1. The van der Waals surface area contributed by atoms with Crippen LogP contribution in [0.4, 0.5) is 5.69 Å². The number of piperazine rings is 1. The molecule has 2 aliphatic heterocycles. The molecule has 0 spiro atoms. The molecule has 0 saturated carbocycles. The maximum absolute atomic E-state index is 12.9. The summed E-state index contributed by atoms with van der Waals surface area (Å²) in [4.78, 5) is 17.4. The van der Waals surface area contributed by atoms with Gasteiger partial charge in [-0.05, 0) is 30.3 Å². The van der Waals surface area contributed by atoms with Crippen LogP contribution in [0.3, 0.4) is 0 Å². The number of carbonyl (C=O) groups is 1. The fourth-order valence-electron chi connectivity index (χ4n) is 3.83. The fraction of sp³-hybridized carbons (Fsp3) is 0.458. The summed E-state index contributed by atoms with van der Waals surface area (Å²) in [7, 11) is 1.70. The predicted octanol–water partition coefficient (Wildman–Crippen LogP) is 3.50. The molecule has 2 heterocycles. The molecular weight excluding hydrogens is 380 g/mol. The van der Waals surface area contributed by atoms with Gasteiger partial charge in [-0.2, -0.15) is 0 Å². The highest BCUT2D eigenvalue weighted by Gasteiger charge is 2.26. The Kier molecular flexibility index (Phi) is 5.86. The highest BCUT2D eigenvalue weighted by Crippen LogP contribution is 2.34. The fourth-order valence-corrected chi connectivity index (χ4v) is 3.83.